The van der Waals surface area contributed by atoms with Crippen molar-refractivity contribution in [2.75, 3.05) is 0 Å². The van der Waals surface area contributed by atoms with Crippen LogP contribution in [0.15, 0.2) is 47.0 Å². The maximum Gasteiger partial charge on any atom is 0.260 e. The van der Waals surface area contributed by atoms with E-state index in [1.165, 1.54) is 0 Å². The van der Waals surface area contributed by atoms with Gasteiger partial charge in [-0.25, -0.2) is 0 Å². The van der Waals surface area contributed by atoms with Crippen LogP contribution in [0.25, 0.3) is 11.4 Å². The molecule has 1 aromatic heterocycles. The molecule has 0 aliphatic carbocycles. The van der Waals surface area contributed by atoms with Crippen molar-refractivity contribution >= 4 is 23.2 Å². The summed E-state index contributed by atoms with van der Waals surface area (Å²) in [6, 6.07) is 12.1. The first-order valence-electron chi connectivity index (χ1n) is 7.68. The second kappa shape index (κ2) is 7.44. The summed E-state index contributed by atoms with van der Waals surface area (Å²) in [5.74, 6) is 1.01. The zero-order valence-corrected chi connectivity index (χ0v) is 15.1. The molecule has 130 valence electrons. The number of benzene rings is 2. The Morgan fingerprint density at radius 1 is 1.04 bits per heavy atom. The molecule has 3 rings (SSSR count). The van der Waals surface area contributed by atoms with Crippen molar-refractivity contribution in [3.05, 3.63) is 64.0 Å². The van der Waals surface area contributed by atoms with E-state index in [-0.39, 0.29) is 17.8 Å². The molecule has 0 amide bonds. The molecule has 0 saturated carbocycles. The van der Waals surface area contributed by atoms with Crippen molar-refractivity contribution in [2.24, 2.45) is 0 Å². The molecule has 0 spiro atoms. The molecule has 0 radical (unpaired) electrons. The third-order valence-electron chi connectivity index (χ3n) is 3.43. The SMILES string of the molecule is CC(C)Oc1ccc(C(O)c2nc(-c3c(Cl)cccc3Cl)no2)cc1. The smallest absolute Gasteiger partial charge is 0.260 e. The van der Waals surface area contributed by atoms with Crippen LogP contribution < -0.4 is 4.74 Å². The Morgan fingerprint density at radius 3 is 2.28 bits per heavy atom. The first-order valence-corrected chi connectivity index (χ1v) is 8.44. The number of hydrogen-bond donors (Lipinski definition) is 1. The molecular weight excluding hydrogens is 363 g/mol. The minimum atomic E-state index is -1.06. The summed E-state index contributed by atoms with van der Waals surface area (Å²) < 4.78 is 10.8. The fourth-order valence-electron chi connectivity index (χ4n) is 2.30. The fraction of sp³-hybridized carbons (Fsp3) is 0.222. The number of aromatic nitrogens is 2. The molecule has 1 heterocycles. The number of aliphatic hydroxyl groups excluding tert-OH is 1. The second-order valence-corrected chi connectivity index (χ2v) is 6.51. The van der Waals surface area contributed by atoms with Crippen LogP contribution in [0, 0.1) is 0 Å². The molecule has 0 aliphatic rings. The van der Waals surface area contributed by atoms with E-state index in [0.29, 0.717) is 21.2 Å². The lowest BCUT2D eigenvalue weighted by Gasteiger charge is -2.11. The van der Waals surface area contributed by atoms with E-state index >= 15 is 0 Å². The lowest BCUT2D eigenvalue weighted by atomic mass is 10.1. The molecule has 3 aromatic rings. The highest BCUT2D eigenvalue weighted by Gasteiger charge is 2.21. The van der Waals surface area contributed by atoms with E-state index in [4.69, 9.17) is 32.5 Å². The lowest BCUT2D eigenvalue weighted by Crippen LogP contribution is -2.06. The summed E-state index contributed by atoms with van der Waals surface area (Å²) in [5.41, 5.74) is 1.07. The summed E-state index contributed by atoms with van der Waals surface area (Å²) >= 11 is 12.3. The number of aliphatic hydroxyl groups is 1. The van der Waals surface area contributed by atoms with Crippen LogP contribution in [0.4, 0.5) is 0 Å². The van der Waals surface area contributed by atoms with Gasteiger partial charge in [-0.3, -0.25) is 0 Å². The highest BCUT2D eigenvalue weighted by molar-refractivity contribution is 6.38. The number of ether oxygens (including phenoxy) is 1. The highest BCUT2D eigenvalue weighted by atomic mass is 35.5. The third-order valence-corrected chi connectivity index (χ3v) is 4.06. The van der Waals surface area contributed by atoms with E-state index in [0.717, 1.165) is 5.75 Å². The monoisotopic (exact) mass is 378 g/mol. The first kappa shape index (κ1) is 17.7. The number of nitrogens with zero attached hydrogens (tertiary/aromatic N) is 2. The molecular formula is C18H16Cl2N2O3. The normalized spacial score (nSPS) is 12.4. The van der Waals surface area contributed by atoms with Crippen molar-refractivity contribution in [1.29, 1.82) is 0 Å². The standard InChI is InChI=1S/C18H16Cl2N2O3/c1-10(2)24-12-8-6-11(7-9-12)16(23)18-21-17(22-25-18)15-13(19)4-3-5-14(15)20/h3-10,16,23H,1-2H3. The largest absolute Gasteiger partial charge is 0.491 e. The molecule has 1 atom stereocenters. The van der Waals surface area contributed by atoms with Crippen LogP contribution in [0.5, 0.6) is 5.75 Å². The number of halogens is 2. The van der Waals surface area contributed by atoms with Crippen molar-refractivity contribution in [2.45, 2.75) is 26.1 Å². The van der Waals surface area contributed by atoms with Gasteiger partial charge < -0.3 is 14.4 Å². The first-order chi connectivity index (χ1) is 12.0. The molecule has 2 aromatic carbocycles. The summed E-state index contributed by atoms with van der Waals surface area (Å²) in [6.45, 7) is 3.89. The van der Waals surface area contributed by atoms with Gasteiger partial charge in [0.15, 0.2) is 6.10 Å². The molecule has 5 nitrogen and oxygen atoms in total. The highest BCUT2D eigenvalue weighted by Crippen LogP contribution is 2.33. The molecule has 0 fully saturated rings. The number of rotatable bonds is 5. The molecule has 7 heteroatoms. The van der Waals surface area contributed by atoms with Gasteiger partial charge in [-0.1, -0.05) is 46.6 Å². The van der Waals surface area contributed by atoms with Gasteiger partial charge in [-0.05, 0) is 43.7 Å². The van der Waals surface area contributed by atoms with E-state index in [2.05, 4.69) is 10.1 Å². The van der Waals surface area contributed by atoms with E-state index < -0.39 is 6.10 Å². The average molecular weight is 379 g/mol. The van der Waals surface area contributed by atoms with Crippen molar-refractivity contribution < 1.29 is 14.4 Å². The Morgan fingerprint density at radius 2 is 1.68 bits per heavy atom. The van der Waals surface area contributed by atoms with Crippen molar-refractivity contribution in [1.82, 2.24) is 10.1 Å². The predicted molar refractivity (Wildman–Crippen MR) is 96.0 cm³/mol. The van der Waals surface area contributed by atoms with Gasteiger partial charge in [0.05, 0.1) is 21.7 Å². The van der Waals surface area contributed by atoms with Crippen molar-refractivity contribution in [3.8, 4) is 17.1 Å². The van der Waals surface area contributed by atoms with Gasteiger partial charge in [0, 0.05) is 0 Å². The summed E-state index contributed by atoms with van der Waals surface area (Å²) in [4.78, 5) is 4.22. The van der Waals surface area contributed by atoms with Crippen LogP contribution in [0.2, 0.25) is 10.0 Å². The number of hydrogen-bond acceptors (Lipinski definition) is 5. The van der Waals surface area contributed by atoms with Crippen LogP contribution >= 0.6 is 23.2 Å². The minimum absolute atomic E-state index is 0.0588. The van der Waals surface area contributed by atoms with Gasteiger partial charge in [0.1, 0.15) is 5.75 Å². The zero-order chi connectivity index (χ0) is 18.0. The topological polar surface area (TPSA) is 68.4 Å². The van der Waals surface area contributed by atoms with E-state index in [1.54, 1.807) is 42.5 Å². The quantitative estimate of drug-likeness (QED) is 0.682. The average Bonchev–Trinajstić information content (AvgIpc) is 3.04. The van der Waals surface area contributed by atoms with Crippen molar-refractivity contribution in [3.63, 3.8) is 0 Å². The fourth-order valence-corrected chi connectivity index (χ4v) is 2.87. The summed E-state index contributed by atoms with van der Waals surface area (Å²) in [5, 5.41) is 15.1. The molecule has 1 unspecified atom stereocenters. The van der Waals surface area contributed by atoms with Gasteiger partial charge in [-0.15, -0.1) is 0 Å². The summed E-state index contributed by atoms with van der Waals surface area (Å²) in [7, 11) is 0. The zero-order valence-electron chi connectivity index (χ0n) is 13.6. The van der Waals surface area contributed by atoms with Crippen LogP contribution in [-0.4, -0.2) is 21.4 Å². The predicted octanol–water partition coefficient (Wildman–Crippen LogP) is 4.91. The Balaban J connectivity index is 1.84. The van der Waals surface area contributed by atoms with E-state index in [9.17, 15) is 5.11 Å². The Kier molecular flexibility index (Phi) is 5.27. The molecule has 0 bridgehead atoms. The Hall–Kier alpha value is -2.08. The van der Waals surface area contributed by atoms with Gasteiger partial charge in [0.2, 0.25) is 5.82 Å². The lowest BCUT2D eigenvalue weighted by molar-refractivity contribution is 0.170. The van der Waals surface area contributed by atoms with Gasteiger partial charge in [0.25, 0.3) is 5.89 Å². The second-order valence-electron chi connectivity index (χ2n) is 5.69. The minimum Gasteiger partial charge on any atom is -0.491 e. The Labute approximate surface area is 155 Å². The van der Waals surface area contributed by atoms with Gasteiger partial charge >= 0.3 is 0 Å². The van der Waals surface area contributed by atoms with Crippen LogP contribution in [0.1, 0.15) is 31.4 Å². The van der Waals surface area contributed by atoms with Gasteiger partial charge in [-0.2, -0.15) is 4.98 Å². The summed E-state index contributed by atoms with van der Waals surface area (Å²) in [6.07, 6.45) is -0.981. The third kappa shape index (κ3) is 3.95. The van der Waals surface area contributed by atoms with Crippen LogP contribution in [-0.2, 0) is 0 Å². The molecule has 0 aliphatic heterocycles. The molecule has 25 heavy (non-hydrogen) atoms. The van der Waals surface area contributed by atoms with Crippen LogP contribution in [0.3, 0.4) is 0 Å². The Bertz CT molecular complexity index is 843. The molecule has 0 saturated heterocycles. The molecule has 1 N–H and O–H groups in total. The maximum atomic E-state index is 10.5. The maximum absolute atomic E-state index is 10.5. The van der Waals surface area contributed by atoms with E-state index in [1.807, 2.05) is 13.8 Å².